The summed E-state index contributed by atoms with van der Waals surface area (Å²) in [5, 5.41) is 6.23. The van der Waals surface area contributed by atoms with E-state index in [1.165, 1.54) is 16.7 Å². The second-order valence-corrected chi connectivity index (χ2v) is 7.51. The molecule has 9 heteroatoms. The molecule has 3 rings (SSSR count). The van der Waals surface area contributed by atoms with Gasteiger partial charge in [0, 0.05) is 43.0 Å². The third-order valence-electron chi connectivity index (χ3n) is 3.39. The van der Waals surface area contributed by atoms with Crippen LogP contribution in [0.2, 0.25) is 0 Å². The Morgan fingerprint density at radius 2 is 1.90 bits per heavy atom. The van der Waals surface area contributed by atoms with E-state index in [2.05, 4.69) is 36.0 Å². The molecule has 0 aromatic carbocycles. The van der Waals surface area contributed by atoms with Gasteiger partial charge in [0.05, 0.1) is 6.20 Å². The lowest BCUT2D eigenvalue weighted by Crippen LogP contribution is -2.48. The van der Waals surface area contributed by atoms with Crippen LogP contribution >= 0.6 is 15.9 Å². The molecule has 0 atom stereocenters. The highest BCUT2D eigenvalue weighted by Crippen LogP contribution is 2.20. The fourth-order valence-electron chi connectivity index (χ4n) is 2.24. The fourth-order valence-corrected chi connectivity index (χ4v) is 3.81. The molecule has 21 heavy (non-hydrogen) atoms. The summed E-state index contributed by atoms with van der Waals surface area (Å²) in [5.74, 6) is 0.860. The van der Waals surface area contributed by atoms with Crippen LogP contribution in [0.1, 0.15) is 0 Å². The zero-order chi connectivity index (χ0) is 14.9. The molecular formula is C12H14BrN5O2S. The van der Waals surface area contributed by atoms with Crippen molar-refractivity contribution in [1.29, 1.82) is 0 Å². The molecule has 1 N–H and O–H groups in total. The van der Waals surface area contributed by atoms with Crippen LogP contribution < -0.4 is 4.90 Å². The summed E-state index contributed by atoms with van der Waals surface area (Å²) in [7, 11) is -3.45. The first-order valence-corrected chi connectivity index (χ1v) is 8.66. The molecule has 0 aliphatic carbocycles. The van der Waals surface area contributed by atoms with Gasteiger partial charge in [-0.2, -0.15) is 9.40 Å². The minimum atomic E-state index is -3.45. The predicted octanol–water partition coefficient (Wildman–Crippen LogP) is 1.08. The van der Waals surface area contributed by atoms with Gasteiger partial charge in [-0.3, -0.25) is 5.10 Å². The summed E-state index contributed by atoms with van der Waals surface area (Å²) in [6, 6.07) is 3.85. The molecule has 0 radical (unpaired) electrons. The summed E-state index contributed by atoms with van der Waals surface area (Å²) < 4.78 is 27.1. The third-order valence-corrected chi connectivity index (χ3v) is 5.72. The number of anilines is 1. The number of halogens is 1. The van der Waals surface area contributed by atoms with E-state index in [0.29, 0.717) is 26.2 Å². The lowest BCUT2D eigenvalue weighted by atomic mass is 10.3. The molecule has 7 nitrogen and oxygen atoms in total. The Labute approximate surface area is 131 Å². The first-order chi connectivity index (χ1) is 10.1. The van der Waals surface area contributed by atoms with Crippen LogP contribution in [0.5, 0.6) is 0 Å². The largest absolute Gasteiger partial charge is 0.354 e. The molecule has 3 heterocycles. The van der Waals surface area contributed by atoms with Crippen molar-refractivity contribution < 1.29 is 8.42 Å². The van der Waals surface area contributed by atoms with Crippen LogP contribution in [-0.4, -0.2) is 54.1 Å². The van der Waals surface area contributed by atoms with Gasteiger partial charge in [0.2, 0.25) is 10.0 Å². The van der Waals surface area contributed by atoms with E-state index in [4.69, 9.17) is 0 Å². The Morgan fingerprint density at radius 1 is 1.14 bits per heavy atom. The van der Waals surface area contributed by atoms with Crippen LogP contribution in [0.15, 0.2) is 40.1 Å². The van der Waals surface area contributed by atoms with Crippen LogP contribution in [0.4, 0.5) is 5.82 Å². The molecule has 0 spiro atoms. The number of aromatic amines is 1. The van der Waals surface area contributed by atoms with Crippen molar-refractivity contribution >= 4 is 31.8 Å². The van der Waals surface area contributed by atoms with Crippen LogP contribution in [0.25, 0.3) is 0 Å². The number of pyridine rings is 1. The average Bonchev–Trinajstić information content (AvgIpc) is 3.03. The van der Waals surface area contributed by atoms with Crippen LogP contribution in [-0.2, 0) is 10.0 Å². The average molecular weight is 372 g/mol. The van der Waals surface area contributed by atoms with Crippen molar-refractivity contribution in [2.45, 2.75) is 4.90 Å². The Balaban J connectivity index is 1.69. The molecule has 0 saturated carbocycles. The van der Waals surface area contributed by atoms with Gasteiger partial charge in [0.1, 0.15) is 10.7 Å². The Kier molecular flexibility index (Phi) is 3.96. The number of H-pyrrole nitrogens is 1. The quantitative estimate of drug-likeness (QED) is 0.872. The molecule has 0 unspecified atom stereocenters. The van der Waals surface area contributed by atoms with Crippen molar-refractivity contribution in [2.24, 2.45) is 0 Å². The summed E-state index contributed by atoms with van der Waals surface area (Å²) in [5.41, 5.74) is 0. The number of sulfonamides is 1. The Hall–Kier alpha value is -1.45. The maximum Gasteiger partial charge on any atom is 0.246 e. The molecule has 1 aliphatic heterocycles. The van der Waals surface area contributed by atoms with Gasteiger partial charge >= 0.3 is 0 Å². The van der Waals surface area contributed by atoms with Gasteiger partial charge in [-0.05, 0) is 28.1 Å². The number of hydrogen-bond acceptors (Lipinski definition) is 5. The van der Waals surface area contributed by atoms with E-state index >= 15 is 0 Å². The Morgan fingerprint density at radius 3 is 2.48 bits per heavy atom. The zero-order valence-electron chi connectivity index (χ0n) is 11.1. The molecule has 1 saturated heterocycles. The molecular weight excluding hydrogens is 358 g/mol. The first kappa shape index (κ1) is 14.5. The fraction of sp³-hybridized carbons (Fsp3) is 0.333. The van der Waals surface area contributed by atoms with E-state index < -0.39 is 10.0 Å². The normalized spacial score (nSPS) is 17.1. The van der Waals surface area contributed by atoms with Crippen molar-refractivity contribution in [3.05, 3.63) is 35.2 Å². The highest BCUT2D eigenvalue weighted by atomic mass is 79.9. The number of nitrogens with zero attached hydrogens (tertiary/aromatic N) is 4. The molecule has 0 amide bonds. The van der Waals surface area contributed by atoms with Gasteiger partial charge in [-0.1, -0.05) is 0 Å². The van der Waals surface area contributed by atoms with Gasteiger partial charge in [0.15, 0.2) is 0 Å². The summed E-state index contributed by atoms with van der Waals surface area (Å²) >= 11 is 3.35. The van der Waals surface area contributed by atoms with Crippen molar-refractivity contribution in [2.75, 3.05) is 31.1 Å². The minimum absolute atomic E-state index is 0.206. The molecule has 1 fully saturated rings. The van der Waals surface area contributed by atoms with Crippen molar-refractivity contribution in [3.8, 4) is 0 Å². The van der Waals surface area contributed by atoms with Crippen molar-refractivity contribution in [1.82, 2.24) is 19.5 Å². The number of nitrogens with one attached hydrogen (secondary N) is 1. The predicted molar refractivity (Wildman–Crippen MR) is 81.5 cm³/mol. The van der Waals surface area contributed by atoms with Gasteiger partial charge in [-0.25, -0.2) is 13.4 Å². The molecule has 1 aliphatic rings. The van der Waals surface area contributed by atoms with E-state index in [9.17, 15) is 8.42 Å². The summed E-state index contributed by atoms with van der Waals surface area (Å²) in [6.45, 7) is 2.11. The highest BCUT2D eigenvalue weighted by Gasteiger charge is 2.29. The van der Waals surface area contributed by atoms with Crippen LogP contribution in [0, 0.1) is 0 Å². The topological polar surface area (TPSA) is 82.2 Å². The number of hydrogen-bond donors (Lipinski definition) is 1. The Bertz CT molecular complexity index is 694. The van der Waals surface area contributed by atoms with E-state index in [0.717, 1.165) is 10.3 Å². The maximum atomic E-state index is 12.4. The summed E-state index contributed by atoms with van der Waals surface area (Å²) in [6.07, 6.45) is 4.47. The van der Waals surface area contributed by atoms with Gasteiger partial charge < -0.3 is 4.90 Å². The monoisotopic (exact) mass is 371 g/mol. The SMILES string of the molecule is O=S(=O)(c1cn[nH]c1)N1CCN(c2ccc(Br)cn2)CC1. The highest BCUT2D eigenvalue weighted by molar-refractivity contribution is 9.10. The smallest absolute Gasteiger partial charge is 0.246 e. The number of rotatable bonds is 3. The second-order valence-electron chi connectivity index (χ2n) is 4.66. The maximum absolute atomic E-state index is 12.4. The lowest BCUT2D eigenvalue weighted by Gasteiger charge is -2.34. The van der Waals surface area contributed by atoms with Crippen molar-refractivity contribution in [3.63, 3.8) is 0 Å². The van der Waals surface area contributed by atoms with E-state index in [-0.39, 0.29) is 4.90 Å². The van der Waals surface area contributed by atoms with E-state index in [1.807, 2.05) is 12.1 Å². The minimum Gasteiger partial charge on any atom is -0.354 e. The third kappa shape index (κ3) is 2.94. The molecule has 112 valence electrons. The first-order valence-electron chi connectivity index (χ1n) is 6.43. The van der Waals surface area contributed by atoms with Gasteiger partial charge in [0.25, 0.3) is 0 Å². The standard InChI is InChI=1S/C12H14BrN5O2S/c13-10-1-2-12(14-7-10)17-3-5-18(6-4-17)21(19,20)11-8-15-16-9-11/h1-2,7-9H,3-6H2,(H,15,16). The number of aromatic nitrogens is 3. The molecule has 2 aromatic rings. The molecule has 0 bridgehead atoms. The van der Waals surface area contributed by atoms with Crippen LogP contribution in [0.3, 0.4) is 0 Å². The molecule has 2 aromatic heterocycles. The lowest BCUT2D eigenvalue weighted by molar-refractivity contribution is 0.384. The number of piperazine rings is 1. The van der Waals surface area contributed by atoms with Gasteiger partial charge in [-0.15, -0.1) is 0 Å². The van der Waals surface area contributed by atoms with E-state index in [1.54, 1.807) is 6.20 Å². The summed E-state index contributed by atoms with van der Waals surface area (Å²) in [4.78, 5) is 6.62. The second kappa shape index (κ2) is 5.74. The zero-order valence-corrected chi connectivity index (χ0v) is 13.5.